The maximum Gasteiger partial charge on any atom is 0.337 e. The fraction of sp³-hybridized carbons (Fsp3) is 0.280. The topological polar surface area (TPSA) is 65.8 Å². The van der Waals surface area contributed by atoms with Crippen LogP contribution in [0.15, 0.2) is 60.8 Å². The van der Waals surface area contributed by atoms with Crippen molar-refractivity contribution in [3.05, 3.63) is 88.7 Å². The number of aromatic nitrogens is 1. The first-order chi connectivity index (χ1) is 14.8. The first-order valence-corrected chi connectivity index (χ1v) is 10.4. The summed E-state index contributed by atoms with van der Waals surface area (Å²) in [5, 5.41) is 9.37. The second kappa shape index (κ2) is 8.40. The summed E-state index contributed by atoms with van der Waals surface area (Å²) in [6.45, 7) is 3.18. The Bertz CT molecular complexity index is 1130. The van der Waals surface area contributed by atoms with Gasteiger partial charge in [0.05, 0.1) is 16.8 Å². The van der Waals surface area contributed by atoms with Crippen molar-refractivity contribution in [3.8, 4) is 5.69 Å². The molecule has 0 unspecified atom stereocenters. The Morgan fingerprint density at radius 2 is 1.74 bits per heavy atom. The molecule has 1 amide bonds. The van der Waals surface area contributed by atoms with E-state index in [1.54, 1.807) is 16.8 Å². The lowest BCUT2D eigenvalue weighted by Crippen LogP contribution is -2.49. The van der Waals surface area contributed by atoms with Crippen LogP contribution >= 0.6 is 0 Å². The lowest BCUT2D eigenvalue weighted by Gasteiger charge is -2.38. The summed E-state index contributed by atoms with van der Waals surface area (Å²) in [5.41, 5.74) is 4.71. The maximum atomic E-state index is 13.8. The van der Waals surface area contributed by atoms with Crippen LogP contribution in [-0.4, -0.2) is 58.0 Å². The number of nitrogens with zero attached hydrogens (tertiary/aromatic N) is 3. The number of carbonyl (C=O) groups excluding carboxylic acids is 1. The molecule has 0 radical (unpaired) electrons. The summed E-state index contributed by atoms with van der Waals surface area (Å²) in [5.74, 6) is -1.02. The number of hydrogen-bond donors (Lipinski definition) is 1. The number of benzene rings is 2. The molecule has 1 N–H and O–H groups in total. The Labute approximate surface area is 182 Å². The van der Waals surface area contributed by atoms with E-state index in [1.165, 1.54) is 11.1 Å². The largest absolute Gasteiger partial charge is 0.478 e. The van der Waals surface area contributed by atoms with E-state index >= 15 is 0 Å². The highest BCUT2D eigenvalue weighted by molar-refractivity contribution is 5.98. The van der Waals surface area contributed by atoms with Gasteiger partial charge in [0, 0.05) is 31.0 Å². The summed E-state index contributed by atoms with van der Waals surface area (Å²) >= 11 is 0. The van der Waals surface area contributed by atoms with E-state index < -0.39 is 5.97 Å². The molecule has 1 atom stereocenters. The van der Waals surface area contributed by atoms with Crippen LogP contribution in [0, 0.1) is 6.92 Å². The molecule has 4 rings (SSSR count). The van der Waals surface area contributed by atoms with Crippen LogP contribution in [0.25, 0.3) is 5.69 Å². The van der Waals surface area contributed by atoms with Gasteiger partial charge in [0.15, 0.2) is 0 Å². The van der Waals surface area contributed by atoms with Crippen molar-refractivity contribution in [3.63, 3.8) is 0 Å². The monoisotopic (exact) mass is 417 g/mol. The Morgan fingerprint density at radius 1 is 1.06 bits per heavy atom. The Morgan fingerprint density at radius 3 is 2.42 bits per heavy atom. The van der Waals surface area contributed by atoms with Crippen LogP contribution < -0.4 is 0 Å². The smallest absolute Gasteiger partial charge is 0.337 e. The van der Waals surface area contributed by atoms with Gasteiger partial charge in [-0.15, -0.1) is 0 Å². The van der Waals surface area contributed by atoms with E-state index in [-0.39, 0.29) is 17.5 Å². The van der Waals surface area contributed by atoms with Gasteiger partial charge in [-0.3, -0.25) is 4.79 Å². The van der Waals surface area contributed by atoms with Gasteiger partial charge in [-0.2, -0.15) is 0 Å². The van der Waals surface area contributed by atoms with Crippen LogP contribution in [0.5, 0.6) is 0 Å². The van der Waals surface area contributed by atoms with Crippen LogP contribution in [0.1, 0.15) is 37.5 Å². The van der Waals surface area contributed by atoms with Gasteiger partial charge in [-0.25, -0.2) is 4.79 Å². The highest BCUT2D eigenvalue weighted by Gasteiger charge is 2.31. The molecule has 6 heteroatoms. The number of para-hydroxylation sites is 1. The zero-order valence-corrected chi connectivity index (χ0v) is 18.1. The number of carboxylic acids is 1. The highest BCUT2D eigenvalue weighted by atomic mass is 16.4. The lowest BCUT2D eigenvalue weighted by molar-refractivity contribution is 0.0605. The molecule has 1 aliphatic rings. The van der Waals surface area contributed by atoms with Crippen molar-refractivity contribution >= 4 is 11.9 Å². The van der Waals surface area contributed by atoms with Crippen molar-refractivity contribution in [2.75, 3.05) is 20.6 Å². The SMILES string of the molecule is Cc1cc(C(=O)O)cn1-c1ccccc1C(=O)N1Cc2ccccc2C[C@H]1CN(C)C. The standard InChI is InChI=1S/C25H27N3O3/c1-17-12-20(25(30)31)15-27(17)23-11-7-6-10-22(23)24(29)28-14-19-9-5-4-8-18(19)13-21(28)16-26(2)3/h4-12,15,21H,13-14,16H2,1-3H3,(H,30,31)/t21-/m0/s1. The summed E-state index contributed by atoms with van der Waals surface area (Å²) in [6.07, 6.45) is 2.39. The molecule has 3 aromatic rings. The molecule has 2 aromatic carbocycles. The molecular weight excluding hydrogens is 390 g/mol. The third kappa shape index (κ3) is 4.11. The molecule has 0 saturated carbocycles. The van der Waals surface area contributed by atoms with Crippen LogP contribution in [-0.2, 0) is 13.0 Å². The van der Waals surface area contributed by atoms with Gasteiger partial charge in [0.25, 0.3) is 5.91 Å². The molecule has 0 spiro atoms. The number of fused-ring (bicyclic) bond motifs is 1. The summed E-state index contributed by atoms with van der Waals surface area (Å²) < 4.78 is 1.79. The normalized spacial score (nSPS) is 15.7. The van der Waals surface area contributed by atoms with E-state index in [0.717, 1.165) is 18.7 Å². The third-order valence-electron chi connectivity index (χ3n) is 5.85. The van der Waals surface area contributed by atoms with Crippen LogP contribution in [0.3, 0.4) is 0 Å². The number of hydrogen-bond acceptors (Lipinski definition) is 3. The number of amides is 1. The van der Waals surface area contributed by atoms with E-state index in [9.17, 15) is 14.7 Å². The fourth-order valence-electron chi connectivity index (χ4n) is 4.38. The minimum atomic E-state index is -0.982. The molecular formula is C25H27N3O3. The molecule has 0 bridgehead atoms. The second-order valence-electron chi connectivity index (χ2n) is 8.38. The van der Waals surface area contributed by atoms with Gasteiger partial charge in [0.2, 0.25) is 0 Å². The van der Waals surface area contributed by atoms with Gasteiger partial charge < -0.3 is 19.5 Å². The fourth-order valence-corrected chi connectivity index (χ4v) is 4.38. The number of carboxylic acid groups (broad SMARTS) is 1. The molecule has 1 aromatic heterocycles. The predicted octanol–water partition coefficient (Wildman–Crippen LogP) is 3.61. The average Bonchev–Trinajstić information content (AvgIpc) is 3.14. The Kier molecular flexibility index (Phi) is 5.65. The van der Waals surface area contributed by atoms with Gasteiger partial charge in [0.1, 0.15) is 0 Å². The second-order valence-corrected chi connectivity index (χ2v) is 8.38. The Hall–Kier alpha value is -3.38. The van der Waals surface area contributed by atoms with Gasteiger partial charge in [-0.1, -0.05) is 36.4 Å². The summed E-state index contributed by atoms with van der Waals surface area (Å²) in [4.78, 5) is 29.3. The molecule has 2 heterocycles. The average molecular weight is 418 g/mol. The molecule has 160 valence electrons. The number of likely N-dealkylation sites (N-methyl/N-ethyl adjacent to an activating group) is 1. The zero-order chi connectivity index (χ0) is 22.1. The number of rotatable bonds is 5. The van der Waals surface area contributed by atoms with Gasteiger partial charge in [-0.05, 0) is 56.8 Å². The predicted molar refractivity (Wildman–Crippen MR) is 120 cm³/mol. The van der Waals surface area contributed by atoms with E-state index in [0.29, 0.717) is 17.8 Å². The zero-order valence-electron chi connectivity index (χ0n) is 18.1. The quantitative estimate of drug-likeness (QED) is 0.689. The molecule has 31 heavy (non-hydrogen) atoms. The third-order valence-corrected chi connectivity index (χ3v) is 5.85. The molecule has 0 saturated heterocycles. The van der Waals surface area contributed by atoms with E-state index in [4.69, 9.17) is 0 Å². The van der Waals surface area contributed by atoms with Gasteiger partial charge >= 0.3 is 5.97 Å². The molecule has 6 nitrogen and oxygen atoms in total. The van der Waals surface area contributed by atoms with Crippen LogP contribution in [0.4, 0.5) is 0 Å². The highest BCUT2D eigenvalue weighted by Crippen LogP contribution is 2.28. The lowest BCUT2D eigenvalue weighted by atomic mass is 9.93. The maximum absolute atomic E-state index is 13.8. The van der Waals surface area contributed by atoms with Crippen molar-refractivity contribution in [2.24, 2.45) is 0 Å². The number of aryl methyl sites for hydroxylation is 1. The van der Waals surface area contributed by atoms with Crippen molar-refractivity contribution < 1.29 is 14.7 Å². The van der Waals surface area contributed by atoms with Crippen LogP contribution in [0.2, 0.25) is 0 Å². The number of carbonyl (C=O) groups is 2. The Balaban J connectivity index is 1.75. The first kappa shape index (κ1) is 20.9. The minimum Gasteiger partial charge on any atom is -0.478 e. The molecule has 0 fully saturated rings. The summed E-state index contributed by atoms with van der Waals surface area (Å²) in [7, 11) is 4.04. The van der Waals surface area contributed by atoms with E-state index in [1.807, 2.05) is 62.3 Å². The van der Waals surface area contributed by atoms with Crippen molar-refractivity contribution in [1.82, 2.24) is 14.4 Å². The van der Waals surface area contributed by atoms with Crippen molar-refractivity contribution in [2.45, 2.75) is 25.9 Å². The molecule has 0 aliphatic carbocycles. The number of aromatic carboxylic acids is 1. The van der Waals surface area contributed by atoms with Crippen molar-refractivity contribution in [1.29, 1.82) is 0 Å². The molecule has 1 aliphatic heterocycles. The van der Waals surface area contributed by atoms with E-state index in [2.05, 4.69) is 17.0 Å². The minimum absolute atomic E-state index is 0.0399. The summed E-state index contributed by atoms with van der Waals surface area (Å²) in [6, 6.07) is 17.4. The first-order valence-electron chi connectivity index (χ1n) is 10.4.